The molecule has 1 aliphatic rings. The Morgan fingerprint density at radius 3 is 2.00 bits per heavy atom. The van der Waals surface area contributed by atoms with E-state index in [0.717, 1.165) is 6.42 Å². The smallest absolute Gasteiger partial charge is 0.0825 e. The molecule has 0 heterocycles. The standard InChI is InChI=1S/C5H10O2/c1-3-2-4(6)5(3)7/h3-7H,2H2,1H3/t3?,4-,5+/m1/s1. The Morgan fingerprint density at radius 1 is 1.43 bits per heavy atom. The van der Waals surface area contributed by atoms with Crippen molar-refractivity contribution in [1.29, 1.82) is 0 Å². The molecule has 2 nitrogen and oxygen atoms in total. The molecule has 7 heavy (non-hydrogen) atoms. The lowest BCUT2D eigenvalue weighted by atomic mass is 9.81. The van der Waals surface area contributed by atoms with Crippen LogP contribution in [0.1, 0.15) is 13.3 Å². The Morgan fingerprint density at radius 2 is 2.00 bits per heavy atom. The van der Waals surface area contributed by atoms with E-state index in [1.807, 2.05) is 6.92 Å². The maximum Gasteiger partial charge on any atom is 0.0825 e. The lowest BCUT2D eigenvalue weighted by Gasteiger charge is -2.34. The number of hydrogen-bond donors (Lipinski definition) is 2. The molecule has 0 amide bonds. The third-order valence-electron chi connectivity index (χ3n) is 1.59. The molecule has 2 heteroatoms. The molecule has 0 aromatic rings. The van der Waals surface area contributed by atoms with Crippen LogP contribution in [0.3, 0.4) is 0 Å². The molecular weight excluding hydrogens is 92.1 g/mol. The van der Waals surface area contributed by atoms with Gasteiger partial charge in [-0.3, -0.25) is 0 Å². The Labute approximate surface area is 42.8 Å². The average molecular weight is 102 g/mol. The predicted molar refractivity (Wildman–Crippen MR) is 25.8 cm³/mol. The van der Waals surface area contributed by atoms with Crippen molar-refractivity contribution in [1.82, 2.24) is 0 Å². The zero-order valence-electron chi connectivity index (χ0n) is 4.33. The molecule has 0 bridgehead atoms. The Kier molecular flexibility index (Phi) is 1.05. The molecule has 0 saturated heterocycles. The predicted octanol–water partition coefficient (Wildman–Crippen LogP) is -0.252. The van der Waals surface area contributed by atoms with Gasteiger partial charge in [0.2, 0.25) is 0 Å². The van der Waals surface area contributed by atoms with Gasteiger partial charge in [-0.05, 0) is 12.3 Å². The van der Waals surface area contributed by atoms with Crippen molar-refractivity contribution in [3.8, 4) is 0 Å². The lowest BCUT2D eigenvalue weighted by molar-refractivity contribution is -0.0945. The van der Waals surface area contributed by atoms with Gasteiger partial charge in [-0.25, -0.2) is 0 Å². The molecule has 1 unspecified atom stereocenters. The highest BCUT2D eigenvalue weighted by Crippen LogP contribution is 2.26. The highest BCUT2D eigenvalue weighted by molar-refractivity contribution is 4.85. The lowest BCUT2D eigenvalue weighted by Crippen LogP contribution is -2.44. The summed E-state index contributed by atoms with van der Waals surface area (Å²) in [6.07, 6.45) is -0.115. The van der Waals surface area contributed by atoms with Crippen LogP contribution < -0.4 is 0 Å². The van der Waals surface area contributed by atoms with Gasteiger partial charge >= 0.3 is 0 Å². The molecule has 0 radical (unpaired) electrons. The highest BCUT2D eigenvalue weighted by atomic mass is 16.3. The van der Waals surface area contributed by atoms with Crippen molar-refractivity contribution in [2.45, 2.75) is 25.6 Å². The van der Waals surface area contributed by atoms with Crippen LogP contribution in [0.15, 0.2) is 0 Å². The Hall–Kier alpha value is -0.0800. The summed E-state index contributed by atoms with van der Waals surface area (Å²) in [5.41, 5.74) is 0. The van der Waals surface area contributed by atoms with Crippen molar-refractivity contribution in [2.24, 2.45) is 5.92 Å². The largest absolute Gasteiger partial charge is 0.390 e. The zero-order valence-corrected chi connectivity index (χ0v) is 4.33. The highest BCUT2D eigenvalue weighted by Gasteiger charge is 2.34. The maximum atomic E-state index is 8.73. The van der Waals surface area contributed by atoms with E-state index in [9.17, 15) is 0 Å². The van der Waals surface area contributed by atoms with Crippen molar-refractivity contribution in [2.75, 3.05) is 0 Å². The van der Waals surface area contributed by atoms with Crippen molar-refractivity contribution < 1.29 is 10.2 Å². The molecule has 0 aromatic heterocycles. The molecule has 3 atom stereocenters. The van der Waals surface area contributed by atoms with Gasteiger partial charge in [0.15, 0.2) is 0 Å². The van der Waals surface area contributed by atoms with Gasteiger partial charge in [0.05, 0.1) is 12.2 Å². The van der Waals surface area contributed by atoms with Gasteiger partial charge in [-0.2, -0.15) is 0 Å². The van der Waals surface area contributed by atoms with E-state index < -0.39 is 12.2 Å². The Bertz CT molecular complexity index is 64.5. The first-order valence-corrected chi connectivity index (χ1v) is 2.58. The molecule has 0 aliphatic heterocycles. The monoisotopic (exact) mass is 102 g/mol. The van der Waals surface area contributed by atoms with Crippen molar-refractivity contribution in [3.63, 3.8) is 0 Å². The van der Waals surface area contributed by atoms with Crippen molar-refractivity contribution in [3.05, 3.63) is 0 Å². The quantitative estimate of drug-likeness (QED) is 0.442. The number of hydrogen-bond acceptors (Lipinski definition) is 2. The van der Waals surface area contributed by atoms with Crippen molar-refractivity contribution >= 4 is 0 Å². The number of aliphatic hydroxyl groups excluding tert-OH is 2. The minimum atomic E-state index is -0.444. The fourth-order valence-corrected chi connectivity index (χ4v) is 0.843. The van der Waals surface area contributed by atoms with E-state index in [1.54, 1.807) is 0 Å². The third-order valence-corrected chi connectivity index (χ3v) is 1.59. The molecule has 1 rings (SSSR count). The third kappa shape index (κ3) is 0.640. The molecule has 0 aromatic carbocycles. The Balaban J connectivity index is 2.29. The summed E-state index contributed by atoms with van der Waals surface area (Å²) >= 11 is 0. The number of aliphatic hydroxyl groups is 2. The minimum absolute atomic E-state index is 0.315. The fourth-order valence-electron chi connectivity index (χ4n) is 0.843. The van der Waals surface area contributed by atoms with E-state index in [2.05, 4.69) is 0 Å². The van der Waals surface area contributed by atoms with E-state index in [0.29, 0.717) is 5.92 Å². The summed E-state index contributed by atoms with van der Waals surface area (Å²) in [5.74, 6) is 0.315. The second kappa shape index (κ2) is 1.46. The van der Waals surface area contributed by atoms with E-state index in [-0.39, 0.29) is 0 Å². The summed E-state index contributed by atoms with van der Waals surface area (Å²) in [6, 6.07) is 0. The molecule has 1 fully saturated rings. The van der Waals surface area contributed by atoms with Crippen LogP contribution in [0.2, 0.25) is 0 Å². The van der Waals surface area contributed by atoms with Gasteiger partial charge in [0.25, 0.3) is 0 Å². The first-order valence-electron chi connectivity index (χ1n) is 2.58. The van der Waals surface area contributed by atoms with Gasteiger partial charge in [0.1, 0.15) is 0 Å². The van der Waals surface area contributed by atoms with Crippen LogP contribution in [0.4, 0.5) is 0 Å². The van der Waals surface area contributed by atoms with Gasteiger partial charge < -0.3 is 10.2 Å². The van der Waals surface area contributed by atoms with Gasteiger partial charge in [0, 0.05) is 0 Å². The van der Waals surface area contributed by atoms with Gasteiger partial charge in [-0.15, -0.1) is 0 Å². The summed E-state index contributed by atoms with van der Waals surface area (Å²) < 4.78 is 0. The van der Waals surface area contributed by atoms with Crippen LogP contribution in [0.5, 0.6) is 0 Å². The first-order chi connectivity index (χ1) is 3.22. The maximum absolute atomic E-state index is 8.73. The van der Waals surface area contributed by atoms with Crippen LogP contribution in [-0.2, 0) is 0 Å². The summed E-state index contributed by atoms with van der Waals surface area (Å²) in [6.45, 7) is 1.93. The zero-order chi connectivity index (χ0) is 5.44. The second-order valence-electron chi connectivity index (χ2n) is 2.27. The van der Waals surface area contributed by atoms with Gasteiger partial charge in [-0.1, -0.05) is 6.92 Å². The fraction of sp³-hybridized carbons (Fsp3) is 1.00. The molecule has 1 saturated carbocycles. The summed E-state index contributed by atoms with van der Waals surface area (Å²) in [7, 11) is 0. The first kappa shape index (κ1) is 5.06. The minimum Gasteiger partial charge on any atom is -0.390 e. The normalized spacial score (nSPS) is 51.0. The van der Waals surface area contributed by atoms with E-state index in [4.69, 9.17) is 10.2 Å². The number of rotatable bonds is 0. The molecule has 2 N–H and O–H groups in total. The molecule has 0 spiro atoms. The summed E-state index contributed by atoms with van der Waals surface area (Å²) in [4.78, 5) is 0. The van der Waals surface area contributed by atoms with E-state index in [1.165, 1.54) is 0 Å². The molecule has 42 valence electrons. The van der Waals surface area contributed by atoms with Crippen LogP contribution in [0, 0.1) is 5.92 Å². The molecular formula is C5H10O2. The topological polar surface area (TPSA) is 40.5 Å². The van der Waals surface area contributed by atoms with Crippen LogP contribution in [0.25, 0.3) is 0 Å². The average Bonchev–Trinajstić information content (AvgIpc) is 1.68. The van der Waals surface area contributed by atoms with Crippen LogP contribution >= 0.6 is 0 Å². The van der Waals surface area contributed by atoms with Crippen LogP contribution in [-0.4, -0.2) is 22.4 Å². The second-order valence-corrected chi connectivity index (χ2v) is 2.27. The SMILES string of the molecule is CC1C[C@@H](O)[C@H]1O. The summed E-state index contributed by atoms with van der Waals surface area (Å²) in [5, 5.41) is 17.4. The van der Waals surface area contributed by atoms with E-state index >= 15 is 0 Å². The molecule has 1 aliphatic carbocycles.